The maximum atomic E-state index is 10.6. The van der Waals surface area contributed by atoms with Crippen LogP contribution in [0.15, 0.2) is 0 Å². The molecule has 0 unspecified atom stereocenters. The summed E-state index contributed by atoms with van der Waals surface area (Å²) >= 11 is 0. The van der Waals surface area contributed by atoms with Crippen molar-refractivity contribution in [2.45, 2.75) is 0 Å². The molecule has 1 radical (unpaired) electrons. The van der Waals surface area contributed by atoms with E-state index >= 15 is 0 Å². The summed E-state index contributed by atoms with van der Waals surface area (Å²) in [6.45, 7) is 0. The number of carbonyl (C=O) groups is 3. The summed E-state index contributed by atoms with van der Waals surface area (Å²) in [5, 5.41) is 3.42. The van der Waals surface area contributed by atoms with Gasteiger partial charge in [0, 0.05) is 29.6 Å². The molecule has 1 rings (SSSR count). The molecule has 0 aromatic heterocycles. The molecule has 1 fully saturated rings. The Morgan fingerprint density at radius 2 is 1.50 bits per heavy atom. The molecule has 0 aromatic rings. The van der Waals surface area contributed by atoms with Crippen molar-refractivity contribution in [3.63, 3.8) is 0 Å². The van der Waals surface area contributed by atoms with Crippen molar-refractivity contribution in [1.29, 1.82) is 0 Å². The van der Waals surface area contributed by atoms with E-state index in [9.17, 15) is 14.4 Å². The summed E-state index contributed by atoms with van der Waals surface area (Å²) in [7, 11) is 0. The maximum Gasteiger partial charge on any atom is 0.443 e. The third-order valence-corrected chi connectivity index (χ3v) is 0.984. The number of amides is 4. The normalized spacial score (nSPS) is 15.7. The van der Waals surface area contributed by atoms with Gasteiger partial charge in [-0.3, -0.25) is 20.2 Å². The van der Waals surface area contributed by atoms with E-state index in [1.165, 1.54) is 0 Å². The van der Waals surface area contributed by atoms with E-state index in [1.807, 2.05) is 0 Å². The molecule has 12 heavy (non-hydrogen) atoms. The topological polar surface area (TPSA) is 112 Å². The number of barbiturate groups is 1. The predicted molar refractivity (Wildman–Crippen MR) is 36.1 cm³/mol. The van der Waals surface area contributed by atoms with Gasteiger partial charge in [-0.05, 0) is 0 Å². The van der Waals surface area contributed by atoms with Crippen LogP contribution < -0.4 is 10.6 Å². The second-order valence-electron chi connectivity index (χ2n) is 1.69. The summed E-state index contributed by atoms with van der Waals surface area (Å²) in [5.41, 5.74) is 7.34. The van der Waals surface area contributed by atoms with Crippen LogP contribution in [-0.4, -0.2) is 57.9 Å². The first-order chi connectivity index (χ1) is 5.15. The van der Waals surface area contributed by atoms with Crippen LogP contribution in [0.3, 0.4) is 0 Å². The van der Waals surface area contributed by atoms with Crippen LogP contribution in [0.2, 0.25) is 0 Å². The molecule has 0 aliphatic carbocycles. The van der Waals surface area contributed by atoms with Gasteiger partial charge in [-0.15, -0.1) is 0 Å². The van der Waals surface area contributed by atoms with Gasteiger partial charge < -0.3 is 5.53 Å². The molecule has 0 atom stereocenters. The van der Waals surface area contributed by atoms with Crippen molar-refractivity contribution in [3.05, 3.63) is 5.53 Å². The molecule has 7 nitrogen and oxygen atoms in total. The number of urea groups is 1. The van der Waals surface area contributed by atoms with E-state index in [4.69, 9.17) is 5.53 Å². The van der Waals surface area contributed by atoms with Crippen molar-refractivity contribution >= 4 is 53.1 Å². The van der Waals surface area contributed by atoms with Crippen LogP contribution in [0.4, 0.5) is 4.79 Å². The zero-order chi connectivity index (χ0) is 8.43. The fourth-order valence-electron chi connectivity index (χ4n) is 0.550. The minimum Gasteiger partial charge on any atom is -0.360 e. The molecule has 1 aliphatic rings. The van der Waals surface area contributed by atoms with E-state index < -0.39 is 23.6 Å². The summed E-state index contributed by atoms with van der Waals surface area (Å²) < 4.78 is 0. The Morgan fingerprint density at radius 3 is 1.83 bits per heavy atom. The van der Waals surface area contributed by atoms with Gasteiger partial charge in [0.25, 0.3) is 0 Å². The summed E-state index contributed by atoms with van der Waals surface area (Å²) in [4.78, 5) is 33.9. The van der Waals surface area contributed by atoms with Crippen molar-refractivity contribution in [3.8, 4) is 0 Å². The Kier molecular flexibility index (Phi) is 3.78. The standard InChI is InChI=1S/C4H2N4O3.Na/c5-8-1-2(9)6-4(11)7-3(1)10;/h(H2,6,7,9,10,11);. The molecule has 0 bridgehead atoms. The summed E-state index contributed by atoms with van der Waals surface area (Å²) in [6, 6.07) is -0.924. The molecule has 0 spiro atoms. The summed E-state index contributed by atoms with van der Waals surface area (Å²) in [5.74, 6) is -2.03. The van der Waals surface area contributed by atoms with Crippen molar-refractivity contribution in [2.24, 2.45) is 0 Å². The van der Waals surface area contributed by atoms with Gasteiger partial charge in [0.05, 0.1) is 0 Å². The van der Waals surface area contributed by atoms with Crippen LogP contribution >= 0.6 is 0 Å². The maximum absolute atomic E-state index is 10.6. The predicted octanol–water partition coefficient (Wildman–Crippen LogP) is -2.36. The van der Waals surface area contributed by atoms with E-state index in [0.717, 1.165) is 0 Å². The first kappa shape index (κ1) is 11.0. The van der Waals surface area contributed by atoms with Crippen LogP contribution in [-0.2, 0) is 9.59 Å². The van der Waals surface area contributed by atoms with Gasteiger partial charge in [0.2, 0.25) is 0 Å². The Balaban J connectivity index is 0.00000121. The van der Waals surface area contributed by atoms with Gasteiger partial charge in [-0.1, -0.05) is 0 Å². The molecule has 1 saturated heterocycles. The molecule has 1 aliphatic heterocycles. The zero-order valence-corrected chi connectivity index (χ0v) is 8.12. The molecule has 0 saturated carbocycles. The fraction of sp³-hybridized carbons (Fsp3) is 0. The van der Waals surface area contributed by atoms with Gasteiger partial charge in [0.1, 0.15) is 0 Å². The first-order valence-corrected chi connectivity index (χ1v) is 2.54. The molecule has 4 amide bonds. The molecule has 57 valence electrons. The van der Waals surface area contributed by atoms with Crippen LogP contribution in [0.1, 0.15) is 0 Å². The minimum atomic E-state index is -1.01. The van der Waals surface area contributed by atoms with E-state index in [0.29, 0.717) is 0 Å². The Morgan fingerprint density at radius 1 is 1.08 bits per heavy atom. The van der Waals surface area contributed by atoms with Gasteiger partial charge in [-0.25, -0.2) is 4.79 Å². The quantitative estimate of drug-likeness (QED) is 0.245. The molecule has 1 heterocycles. The van der Waals surface area contributed by atoms with Crippen LogP contribution in [0.5, 0.6) is 0 Å². The molecule has 0 aromatic carbocycles. The molecular formula is C4H2N4NaO3. The number of nitrogens with zero attached hydrogens (tertiary/aromatic N) is 2. The largest absolute Gasteiger partial charge is 0.443 e. The molecule has 8 heteroatoms. The van der Waals surface area contributed by atoms with Gasteiger partial charge >= 0.3 is 23.6 Å². The first-order valence-electron chi connectivity index (χ1n) is 2.54. The number of carbonyl (C=O) groups excluding carboxylic acids is 3. The number of nitrogens with one attached hydrogen (secondary N) is 2. The Bertz CT molecular complexity index is 283. The molecular weight excluding hydrogens is 175 g/mol. The van der Waals surface area contributed by atoms with Crippen molar-refractivity contribution in [1.82, 2.24) is 10.6 Å². The van der Waals surface area contributed by atoms with E-state index in [2.05, 4.69) is 4.79 Å². The third-order valence-electron chi connectivity index (χ3n) is 0.984. The van der Waals surface area contributed by atoms with E-state index in [1.54, 1.807) is 10.6 Å². The molecule has 2 N–H and O–H groups in total. The Hall–Kier alpha value is -1.01. The zero-order valence-electron chi connectivity index (χ0n) is 6.12. The third kappa shape index (κ3) is 1.99. The fourth-order valence-corrected chi connectivity index (χ4v) is 0.550. The SMILES string of the molecule is [N-]=[N+]=C1C(=O)NC(=O)NC1=O.[Na]. The number of hydrogen-bond donors (Lipinski definition) is 2. The Labute approximate surface area is 88.4 Å². The average Bonchev–Trinajstić information content (AvgIpc) is 1.85. The van der Waals surface area contributed by atoms with Crippen LogP contribution in [0, 0.1) is 0 Å². The van der Waals surface area contributed by atoms with Crippen LogP contribution in [0.25, 0.3) is 5.53 Å². The second-order valence-corrected chi connectivity index (χ2v) is 1.69. The average molecular weight is 177 g/mol. The second kappa shape index (κ2) is 4.13. The van der Waals surface area contributed by atoms with Crippen molar-refractivity contribution < 1.29 is 19.2 Å². The van der Waals surface area contributed by atoms with E-state index in [-0.39, 0.29) is 29.6 Å². The van der Waals surface area contributed by atoms with Gasteiger partial charge in [-0.2, -0.15) is 4.79 Å². The van der Waals surface area contributed by atoms with Crippen molar-refractivity contribution in [2.75, 3.05) is 0 Å². The summed E-state index contributed by atoms with van der Waals surface area (Å²) in [6.07, 6.45) is 0. The number of rotatable bonds is 0. The number of hydrogen-bond acceptors (Lipinski definition) is 3. The number of imide groups is 2. The monoisotopic (exact) mass is 177 g/mol. The minimum absolute atomic E-state index is 0. The smallest absolute Gasteiger partial charge is 0.360 e. The van der Waals surface area contributed by atoms with Gasteiger partial charge in [0.15, 0.2) is 0 Å².